The maximum absolute atomic E-state index is 13.2. The number of hydrogen-bond acceptors (Lipinski definition) is 3. The van der Waals surface area contributed by atoms with Gasteiger partial charge in [-0.1, -0.05) is 43.7 Å². The van der Waals surface area contributed by atoms with Gasteiger partial charge in [0.2, 0.25) is 0 Å². The second kappa shape index (κ2) is 5.70. The van der Waals surface area contributed by atoms with E-state index in [4.69, 9.17) is 9.72 Å². The highest BCUT2D eigenvalue weighted by atomic mass is 16.5. The number of benzene rings is 3. The summed E-state index contributed by atoms with van der Waals surface area (Å²) in [7, 11) is 0. The minimum Gasteiger partial charge on any atom is -0.494 e. The van der Waals surface area contributed by atoms with Crippen molar-refractivity contribution in [1.29, 1.82) is 0 Å². The molecule has 0 N–H and O–H groups in total. The zero-order valence-corrected chi connectivity index (χ0v) is 14.5. The molecule has 5 rings (SSSR count). The Morgan fingerprint density at radius 3 is 2.65 bits per heavy atom. The Morgan fingerprint density at radius 1 is 1.04 bits per heavy atom. The number of unbranched alkanes of at least 4 members (excludes halogenated alkanes) is 1. The van der Waals surface area contributed by atoms with E-state index in [1.165, 1.54) is 0 Å². The average molecular weight is 342 g/mol. The van der Waals surface area contributed by atoms with E-state index < -0.39 is 0 Å². The number of imidazole rings is 1. The van der Waals surface area contributed by atoms with Gasteiger partial charge in [-0.2, -0.15) is 0 Å². The summed E-state index contributed by atoms with van der Waals surface area (Å²) >= 11 is 0. The quantitative estimate of drug-likeness (QED) is 0.442. The third-order valence-electron chi connectivity index (χ3n) is 4.97. The lowest BCUT2D eigenvalue weighted by Crippen LogP contribution is -2.13. The van der Waals surface area contributed by atoms with Gasteiger partial charge in [-0.05, 0) is 30.0 Å². The van der Waals surface area contributed by atoms with E-state index in [1.54, 1.807) is 4.40 Å². The maximum Gasteiger partial charge on any atom is 0.264 e. The van der Waals surface area contributed by atoms with E-state index >= 15 is 0 Å². The normalized spacial score (nSPS) is 11.9. The molecule has 0 atom stereocenters. The molecule has 5 aromatic rings. The fourth-order valence-corrected chi connectivity index (χ4v) is 3.69. The van der Waals surface area contributed by atoms with Crippen LogP contribution in [0.2, 0.25) is 0 Å². The molecule has 0 amide bonds. The highest BCUT2D eigenvalue weighted by molar-refractivity contribution is 6.15. The van der Waals surface area contributed by atoms with E-state index in [0.29, 0.717) is 12.3 Å². The number of ether oxygens (including phenoxy) is 1. The number of rotatable bonds is 4. The van der Waals surface area contributed by atoms with Gasteiger partial charge in [-0.15, -0.1) is 0 Å². The summed E-state index contributed by atoms with van der Waals surface area (Å²) in [5.74, 6) is 0.776. The van der Waals surface area contributed by atoms with E-state index in [2.05, 4.69) is 6.92 Å². The molecule has 0 fully saturated rings. The van der Waals surface area contributed by atoms with Crippen LogP contribution in [0.4, 0.5) is 0 Å². The Morgan fingerprint density at radius 2 is 1.85 bits per heavy atom. The summed E-state index contributed by atoms with van der Waals surface area (Å²) < 4.78 is 7.55. The van der Waals surface area contributed by atoms with Gasteiger partial charge in [0, 0.05) is 22.2 Å². The smallest absolute Gasteiger partial charge is 0.264 e. The van der Waals surface area contributed by atoms with E-state index in [-0.39, 0.29) is 5.56 Å². The van der Waals surface area contributed by atoms with Crippen LogP contribution in [0.25, 0.3) is 38.2 Å². The van der Waals surface area contributed by atoms with Crippen molar-refractivity contribution in [3.63, 3.8) is 0 Å². The summed E-state index contributed by atoms with van der Waals surface area (Å²) in [5, 5.41) is 3.78. The first-order valence-electron chi connectivity index (χ1n) is 9.00. The SMILES string of the molecule is CCCCOc1ccc2nc3c4cccc5cccc(c(=O)n3c2c1)c54. The fraction of sp³-hybridized carbons (Fsp3) is 0.182. The van der Waals surface area contributed by atoms with Gasteiger partial charge in [-0.25, -0.2) is 4.98 Å². The molecule has 2 heterocycles. The second-order valence-electron chi connectivity index (χ2n) is 6.64. The summed E-state index contributed by atoms with van der Waals surface area (Å²) in [6.45, 7) is 2.82. The predicted octanol–water partition coefficient (Wildman–Crippen LogP) is 4.77. The Labute approximate surface area is 150 Å². The number of fused-ring (bicyclic) bond motifs is 4. The zero-order valence-electron chi connectivity index (χ0n) is 14.5. The average Bonchev–Trinajstić information content (AvgIpc) is 3.05. The van der Waals surface area contributed by atoms with E-state index in [0.717, 1.165) is 51.2 Å². The summed E-state index contributed by atoms with van der Waals surface area (Å²) in [4.78, 5) is 18.0. The molecule has 128 valence electrons. The highest BCUT2D eigenvalue weighted by Crippen LogP contribution is 2.30. The second-order valence-corrected chi connectivity index (χ2v) is 6.64. The number of aromatic nitrogens is 2. The molecule has 0 aliphatic carbocycles. The molecule has 4 nitrogen and oxygen atoms in total. The van der Waals surface area contributed by atoms with Crippen molar-refractivity contribution in [1.82, 2.24) is 9.38 Å². The molecule has 26 heavy (non-hydrogen) atoms. The van der Waals surface area contributed by atoms with Crippen molar-refractivity contribution in [3.05, 3.63) is 65.0 Å². The zero-order chi connectivity index (χ0) is 17.7. The molecule has 4 heteroatoms. The predicted molar refractivity (Wildman–Crippen MR) is 106 cm³/mol. The Hall–Kier alpha value is -3.14. The van der Waals surface area contributed by atoms with Crippen molar-refractivity contribution < 1.29 is 4.74 Å². The molecule has 0 aliphatic rings. The topological polar surface area (TPSA) is 43.6 Å². The lowest BCUT2D eigenvalue weighted by molar-refractivity contribution is 0.310. The maximum atomic E-state index is 13.2. The Bertz CT molecular complexity index is 1320. The molecule has 2 aromatic heterocycles. The molecular weight excluding hydrogens is 324 g/mol. The first-order valence-corrected chi connectivity index (χ1v) is 9.00. The molecular formula is C22H18N2O2. The lowest BCUT2D eigenvalue weighted by Gasteiger charge is -2.07. The van der Waals surface area contributed by atoms with Crippen LogP contribution in [-0.2, 0) is 0 Å². The van der Waals surface area contributed by atoms with Crippen LogP contribution in [0.3, 0.4) is 0 Å². The van der Waals surface area contributed by atoms with Crippen LogP contribution in [0, 0.1) is 0 Å². The van der Waals surface area contributed by atoms with Gasteiger partial charge < -0.3 is 4.74 Å². The van der Waals surface area contributed by atoms with E-state index in [1.807, 2.05) is 54.6 Å². The molecule has 0 saturated carbocycles. The van der Waals surface area contributed by atoms with Crippen molar-refractivity contribution in [3.8, 4) is 5.75 Å². The molecule has 3 aromatic carbocycles. The molecule has 0 radical (unpaired) electrons. The number of pyridine rings is 1. The Balaban J connectivity index is 1.87. The molecule has 0 saturated heterocycles. The van der Waals surface area contributed by atoms with Crippen molar-refractivity contribution in [2.75, 3.05) is 6.61 Å². The molecule has 0 unspecified atom stereocenters. The van der Waals surface area contributed by atoms with Gasteiger partial charge in [0.05, 0.1) is 17.6 Å². The first-order chi connectivity index (χ1) is 12.8. The number of nitrogens with zero attached hydrogens (tertiary/aromatic N) is 2. The molecule has 0 aliphatic heterocycles. The minimum atomic E-state index is -0.0301. The first kappa shape index (κ1) is 15.1. The van der Waals surface area contributed by atoms with Crippen LogP contribution in [0.5, 0.6) is 5.75 Å². The van der Waals surface area contributed by atoms with Gasteiger partial charge >= 0.3 is 0 Å². The highest BCUT2D eigenvalue weighted by Gasteiger charge is 2.16. The van der Waals surface area contributed by atoms with E-state index in [9.17, 15) is 4.79 Å². The summed E-state index contributed by atoms with van der Waals surface area (Å²) in [5.41, 5.74) is 2.28. The van der Waals surface area contributed by atoms with Crippen LogP contribution in [0.15, 0.2) is 59.4 Å². The van der Waals surface area contributed by atoms with Gasteiger partial charge in [0.15, 0.2) is 0 Å². The van der Waals surface area contributed by atoms with Gasteiger partial charge in [0.1, 0.15) is 11.4 Å². The van der Waals surface area contributed by atoms with Crippen LogP contribution >= 0.6 is 0 Å². The van der Waals surface area contributed by atoms with Crippen molar-refractivity contribution >= 4 is 38.2 Å². The van der Waals surface area contributed by atoms with Crippen LogP contribution in [-0.4, -0.2) is 16.0 Å². The monoisotopic (exact) mass is 342 g/mol. The third kappa shape index (κ3) is 2.08. The standard InChI is InChI=1S/C22H18N2O2/c1-2-3-12-26-15-10-11-18-19(13-15)24-21(23-18)16-8-4-6-14-7-5-9-17(20(14)16)22(24)25/h4-11,13H,2-3,12H2,1H3. The van der Waals surface area contributed by atoms with Crippen LogP contribution in [0.1, 0.15) is 19.8 Å². The number of hydrogen-bond donors (Lipinski definition) is 0. The van der Waals surface area contributed by atoms with Crippen molar-refractivity contribution in [2.24, 2.45) is 0 Å². The van der Waals surface area contributed by atoms with Crippen molar-refractivity contribution in [2.45, 2.75) is 19.8 Å². The molecule has 0 spiro atoms. The summed E-state index contributed by atoms with van der Waals surface area (Å²) in [6, 6.07) is 17.7. The van der Waals surface area contributed by atoms with Gasteiger partial charge in [-0.3, -0.25) is 9.20 Å². The molecule has 0 bridgehead atoms. The van der Waals surface area contributed by atoms with Crippen LogP contribution < -0.4 is 10.3 Å². The van der Waals surface area contributed by atoms with Gasteiger partial charge in [0.25, 0.3) is 5.56 Å². The summed E-state index contributed by atoms with van der Waals surface area (Å²) in [6.07, 6.45) is 2.10. The Kier molecular flexibility index (Phi) is 3.32. The fourth-order valence-electron chi connectivity index (χ4n) is 3.69. The lowest BCUT2D eigenvalue weighted by atomic mass is 10.0. The largest absolute Gasteiger partial charge is 0.494 e. The minimum absolute atomic E-state index is 0.0301. The third-order valence-corrected chi connectivity index (χ3v) is 4.97.